The minimum Gasteiger partial charge on any atom is -0.366 e. The van der Waals surface area contributed by atoms with Gasteiger partial charge in [0.2, 0.25) is 5.91 Å². The summed E-state index contributed by atoms with van der Waals surface area (Å²) >= 11 is 27.4. The highest BCUT2D eigenvalue weighted by molar-refractivity contribution is 7.11. The van der Waals surface area contributed by atoms with Gasteiger partial charge in [-0.25, -0.2) is 4.98 Å². The number of nitrogens with zero attached hydrogens (tertiary/aromatic N) is 8. The molecule has 12 heterocycles. The maximum Gasteiger partial charge on any atom is 0.298 e. The standard InChI is InChI=1S/C25H18ClN3O2S.C23H17ClN4O3.2C22H18ClN3O2S/c1-15-12-23(32-28-15)27-25(31)24(30)20-14-19(13-16-6-9-18(26)10-7-16)29-21-5-3-2-4-17(21)8-11-22(20)29;24-16-7-4-14(5-8-16)11-17-12-18(19-3-1-2-10-28(17)19)21(29)23(31)27-20-9-6-15(13-26-20)22(25)30;1-13-7-8-26-17(11-15-3-5-16(23)6-4-15)12-18(19(26)9-13)21(27)22(28)24-20-10-14(2)25-29-20;1-13-4-3-9-26-17(11-15-5-7-16(23)8-6-15)12-18(20(13)26)21(27)22(28)24-19-10-14(2)25-29-19/h2-12,14H,13H2,1H3,(H,27,31);1-10,12-13H,11H2,(H2,25,30)(H,26,27,31);2*3-10,12H,11H2,1-2H3,(H,24,28). The SMILES string of the molecule is Cc1cc(NC(=O)C(=O)c2cc(Cc3ccc(Cl)cc3)n3c2ccc2ccccc23)sn1.Cc1cc(NC(=O)C(=O)c2cc(Cc3ccc(Cl)cc3)n3cccc(C)c23)sn1.Cc1ccn2c(Cc3ccc(Cl)cc3)cc(C(=O)C(=O)Nc3cc(C)ns3)c2c1.NC(=O)c1ccc(NC(=O)C(=O)c2cc(Cc3ccc(Cl)cc3)n3ccccc23)nc1. The molecule has 0 aliphatic carbocycles. The number of halogens is 4. The van der Waals surface area contributed by atoms with Crippen molar-refractivity contribution in [2.75, 3.05) is 21.3 Å². The van der Waals surface area contributed by atoms with E-state index in [4.69, 9.17) is 52.1 Å². The molecule has 0 spiro atoms. The molecule has 0 aliphatic rings. The molecule has 29 heteroatoms. The summed E-state index contributed by atoms with van der Waals surface area (Å²) in [7, 11) is 0. The monoisotopic (exact) mass is 1740 g/mol. The normalized spacial score (nSPS) is 11.0. The van der Waals surface area contributed by atoms with E-state index in [1.165, 1.54) is 18.3 Å². The molecule has 0 radical (unpaired) electrons. The van der Waals surface area contributed by atoms with Crippen LogP contribution in [0.15, 0.2) is 255 Å². The lowest BCUT2D eigenvalue weighted by molar-refractivity contribution is -0.113. The Morgan fingerprint density at radius 1 is 0.364 bits per heavy atom. The number of hydrogen-bond donors (Lipinski definition) is 5. The van der Waals surface area contributed by atoms with Crippen LogP contribution in [0.2, 0.25) is 20.1 Å². The van der Waals surface area contributed by atoms with Gasteiger partial charge in [0, 0.05) is 93.3 Å². The number of hydrogen-bond acceptors (Lipinski definition) is 16. The Balaban J connectivity index is 0.000000132. The van der Waals surface area contributed by atoms with Crippen molar-refractivity contribution in [2.24, 2.45) is 5.73 Å². The number of carbonyl (C=O) groups excluding carboxylic acids is 9. The summed E-state index contributed by atoms with van der Waals surface area (Å²) in [5.41, 5.74) is 22.8. The molecule has 0 atom stereocenters. The second kappa shape index (κ2) is 37.3. The fraction of sp³-hybridized carbons (Fsp3) is 0.0978. The summed E-state index contributed by atoms with van der Waals surface area (Å²) in [6.07, 6.45) is 9.31. The number of primary amides is 1. The van der Waals surface area contributed by atoms with Crippen LogP contribution in [-0.2, 0) is 44.9 Å². The minimum atomic E-state index is -0.825. The van der Waals surface area contributed by atoms with Gasteiger partial charge in [0.15, 0.2) is 0 Å². The van der Waals surface area contributed by atoms with E-state index in [1.54, 1.807) is 48.5 Å². The Labute approximate surface area is 724 Å². The third-order valence-corrected chi connectivity index (χ3v) is 22.8. The summed E-state index contributed by atoms with van der Waals surface area (Å²) in [5, 5.41) is 15.8. The molecule has 17 aromatic rings. The number of fused-ring (bicyclic) bond motifs is 6. The molecule has 5 amide bonds. The molecule has 5 aromatic carbocycles. The van der Waals surface area contributed by atoms with Crippen molar-refractivity contribution >= 4 is 187 Å². The third-order valence-electron chi connectivity index (χ3n) is 19.4. The number of ketones is 4. The maximum absolute atomic E-state index is 13.2. The van der Waals surface area contributed by atoms with Crippen molar-refractivity contribution in [2.45, 2.75) is 60.3 Å². The fourth-order valence-electron chi connectivity index (χ4n) is 13.7. The van der Waals surface area contributed by atoms with Gasteiger partial charge >= 0.3 is 0 Å². The number of benzene rings is 5. The number of amides is 5. The van der Waals surface area contributed by atoms with Crippen molar-refractivity contribution in [3.8, 4) is 0 Å². The van der Waals surface area contributed by atoms with Crippen LogP contribution in [0, 0.1) is 34.6 Å². The average Bonchev–Trinajstić information content (AvgIpc) is 1.61. The van der Waals surface area contributed by atoms with Gasteiger partial charge in [0.1, 0.15) is 20.8 Å². The fourth-order valence-corrected chi connectivity index (χ4v) is 16.2. The topological polar surface area (TPSA) is 297 Å². The Bertz CT molecular complexity index is 6870. The van der Waals surface area contributed by atoms with E-state index >= 15 is 0 Å². The summed E-state index contributed by atoms with van der Waals surface area (Å²) in [5.74, 6) is -5.71. The van der Waals surface area contributed by atoms with Crippen molar-refractivity contribution in [3.05, 3.63) is 376 Å². The molecule has 0 aliphatic heterocycles. The van der Waals surface area contributed by atoms with Crippen molar-refractivity contribution in [3.63, 3.8) is 0 Å². The molecular formula is C92H71Cl4N13O9S3. The summed E-state index contributed by atoms with van der Waals surface area (Å²) in [6, 6.07) is 70.5. The third kappa shape index (κ3) is 20.0. The van der Waals surface area contributed by atoms with Crippen LogP contribution in [0.1, 0.15) is 125 Å². The van der Waals surface area contributed by atoms with Crippen LogP contribution in [-0.4, -0.2) is 88.4 Å². The lowest BCUT2D eigenvalue weighted by Crippen LogP contribution is -2.23. The first-order valence-electron chi connectivity index (χ1n) is 37.5. The first-order valence-corrected chi connectivity index (χ1v) is 41.3. The Hall–Kier alpha value is -13.4. The Morgan fingerprint density at radius 3 is 1.24 bits per heavy atom. The summed E-state index contributed by atoms with van der Waals surface area (Å²) in [6.45, 7) is 9.40. The number of rotatable bonds is 21. The van der Waals surface area contributed by atoms with Crippen molar-refractivity contribution in [1.29, 1.82) is 0 Å². The van der Waals surface area contributed by atoms with E-state index in [0.717, 1.165) is 130 Å². The molecule has 17 rings (SSSR count). The van der Waals surface area contributed by atoms with E-state index in [1.807, 2.05) is 236 Å². The number of anilines is 4. The van der Waals surface area contributed by atoms with Crippen LogP contribution in [0.4, 0.5) is 20.8 Å². The maximum atomic E-state index is 13.2. The van der Waals surface area contributed by atoms with Crippen molar-refractivity contribution in [1.82, 2.24) is 35.7 Å². The highest BCUT2D eigenvalue weighted by Gasteiger charge is 2.29. The number of para-hydroxylation sites is 1. The lowest BCUT2D eigenvalue weighted by atomic mass is 10.1. The van der Waals surface area contributed by atoms with Crippen LogP contribution >= 0.6 is 81.0 Å². The number of aryl methyl sites for hydroxylation is 5. The number of nitrogens with two attached hydrogens (primary N) is 1. The molecule has 0 unspecified atom stereocenters. The van der Waals surface area contributed by atoms with Crippen LogP contribution in [0.3, 0.4) is 0 Å². The van der Waals surface area contributed by atoms with E-state index < -0.39 is 52.7 Å². The van der Waals surface area contributed by atoms with E-state index in [2.05, 4.69) is 43.8 Å². The first-order chi connectivity index (χ1) is 58.2. The van der Waals surface area contributed by atoms with E-state index in [0.29, 0.717) is 88.5 Å². The largest absolute Gasteiger partial charge is 0.366 e. The molecule has 121 heavy (non-hydrogen) atoms. The zero-order valence-electron chi connectivity index (χ0n) is 65.1. The van der Waals surface area contributed by atoms with Gasteiger partial charge in [-0.1, -0.05) is 131 Å². The summed E-state index contributed by atoms with van der Waals surface area (Å²) in [4.78, 5) is 117. The average molecular weight is 1740 g/mol. The van der Waals surface area contributed by atoms with Gasteiger partial charge in [0.25, 0.3) is 46.8 Å². The number of Topliss-reactive ketones (excluding diaryl/α,β-unsaturated/α-hetero) is 4. The molecule has 0 saturated carbocycles. The molecule has 6 N–H and O–H groups in total. The molecule has 604 valence electrons. The zero-order valence-corrected chi connectivity index (χ0v) is 70.6. The highest BCUT2D eigenvalue weighted by atomic mass is 35.5. The molecule has 22 nitrogen and oxygen atoms in total. The van der Waals surface area contributed by atoms with Crippen LogP contribution < -0.4 is 27.0 Å². The predicted molar refractivity (Wildman–Crippen MR) is 479 cm³/mol. The molecule has 0 bridgehead atoms. The number of nitrogens with one attached hydrogen (secondary N) is 4. The predicted octanol–water partition coefficient (Wildman–Crippen LogP) is 19.6. The number of aromatic nitrogens is 8. The van der Waals surface area contributed by atoms with Gasteiger partial charge in [0.05, 0.1) is 72.5 Å². The molecule has 0 fully saturated rings. The lowest BCUT2D eigenvalue weighted by Gasteiger charge is -2.08. The molecular weight excluding hydrogens is 1670 g/mol. The second-order valence-corrected chi connectivity index (χ2v) is 32.4. The van der Waals surface area contributed by atoms with Crippen LogP contribution in [0.25, 0.3) is 33.0 Å². The highest BCUT2D eigenvalue weighted by Crippen LogP contribution is 2.32. The Morgan fingerprint density at radius 2 is 0.769 bits per heavy atom. The van der Waals surface area contributed by atoms with Gasteiger partial charge in [-0.3, -0.25) is 43.2 Å². The summed E-state index contributed by atoms with van der Waals surface area (Å²) < 4.78 is 20.3. The van der Waals surface area contributed by atoms with Crippen molar-refractivity contribution < 1.29 is 43.2 Å². The molecule has 12 aromatic heterocycles. The minimum absolute atomic E-state index is 0.147. The number of pyridine rings is 5. The zero-order chi connectivity index (χ0) is 85.3. The van der Waals surface area contributed by atoms with Gasteiger partial charge in [-0.15, -0.1) is 0 Å². The number of carbonyl (C=O) groups is 9. The quantitative estimate of drug-likeness (QED) is 0.0331. The van der Waals surface area contributed by atoms with Gasteiger partial charge in [-0.2, -0.15) is 13.1 Å². The second-order valence-electron chi connectivity index (χ2n) is 28.3. The smallest absolute Gasteiger partial charge is 0.298 e. The van der Waals surface area contributed by atoms with Gasteiger partial charge < -0.3 is 44.6 Å². The van der Waals surface area contributed by atoms with E-state index in [-0.39, 0.29) is 16.9 Å². The molecule has 0 saturated heterocycles. The van der Waals surface area contributed by atoms with E-state index in [9.17, 15) is 43.2 Å². The van der Waals surface area contributed by atoms with Crippen LogP contribution in [0.5, 0.6) is 0 Å². The van der Waals surface area contributed by atoms with Gasteiger partial charge in [-0.05, 0) is 254 Å². The first kappa shape index (κ1) is 84.1. The Kier molecular flexibility index (Phi) is 25.9.